The molecule has 1 aromatic rings. The largest absolute Gasteiger partial charge is 0.374 e. The molecule has 1 saturated heterocycles. The second-order valence-corrected chi connectivity index (χ2v) is 4.32. The average molecular weight is 250 g/mol. The molecule has 6 nitrogen and oxygen atoms in total. The van der Waals surface area contributed by atoms with E-state index in [1.54, 1.807) is 12.1 Å². The third kappa shape index (κ3) is 3.18. The summed E-state index contributed by atoms with van der Waals surface area (Å²) in [6.07, 6.45) is 0.141. The third-order valence-corrected chi connectivity index (χ3v) is 2.86. The minimum Gasteiger partial charge on any atom is -0.374 e. The summed E-state index contributed by atoms with van der Waals surface area (Å²) in [5.41, 5.74) is 5.49. The molecule has 1 atom stereocenters. The van der Waals surface area contributed by atoms with Crippen molar-refractivity contribution < 1.29 is 9.53 Å². The number of nitrogens with two attached hydrogens (primary N) is 1. The Morgan fingerprint density at radius 3 is 3.17 bits per heavy atom. The maximum atomic E-state index is 11.1. The molecule has 1 aliphatic heterocycles. The first kappa shape index (κ1) is 12.8. The number of pyridine rings is 1. The molecule has 6 heteroatoms. The molecule has 1 fully saturated rings. The van der Waals surface area contributed by atoms with Crippen LogP contribution in [0, 0.1) is 0 Å². The molecule has 0 aliphatic carbocycles. The van der Waals surface area contributed by atoms with Gasteiger partial charge in [-0.2, -0.15) is 0 Å². The van der Waals surface area contributed by atoms with Crippen LogP contribution in [-0.2, 0) is 4.74 Å². The van der Waals surface area contributed by atoms with Crippen LogP contribution in [0.5, 0.6) is 0 Å². The van der Waals surface area contributed by atoms with Gasteiger partial charge in [0.25, 0.3) is 5.91 Å². The average Bonchev–Trinajstić information content (AvgIpc) is 2.40. The number of carbonyl (C=O) groups is 1. The monoisotopic (exact) mass is 250 g/mol. The van der Waals surface area contributed by atoms with Crippen molar-refractivity contribution in [3.05, 3.63) is 23.9 Å². The highest BCUT2D eigenvalue weighted by Crippen LogP contribution is 2.11. The molecule has 1 unspecified atom stereocenters. The molecule has 1 aliphatic rings. The van der Waals surface area contributed by atoms with E-state index < -0.39 is 5.91 Å². The van der Waals surface area contributed by atoms with Crippen LogP contribution in [-0.4, -0.2) is 50.3 Å². The number of anilines is 1. The molecular formula is C12H18N4O2. The van der Waals surface area contributed by atoms with Gasteiger partial charge < -0.3 is 20.7 Å². The van der Waals surface area contributed by atoms with Crippen LogP contribution in [0.4, 0.5) is 5.82 Å². The molecular weight excluding hydrogens is 232 g/mol. The number of nitrogens with zero attached hydrogens (tertiary/aromatic N) is 2. The summed E-state index contributed by atoms with van der Waals surface area (Å²) < 4.78 is 5.62. The van der Waals surface area contributed by atoms with Gasteiger partial charge in [0.2, 0.25) is 0 Å². The maximum Gasteiger partial charge on any atom is 0.267 e. The summed E-state index contributed by atoms with van der Waals surface area (Å²) in [6, 6.07) is 5.24. The number of hydrogen-bond donors (Lipinski definition) is 2. The summed E-state index contributed by atoms with van der Waals surface area (Å²) in [5, 5.41) is 3.28. The number of aromatic nitrogens is 1. The lowest BCUT2D eigenvalue weighted by Crippen LogP contribution is -2.44. The predicted molar refractivity (Wildman–Crippen MR) is 68.6 cm³/mol. The molecule has 0 saturated carbocycles. The standard InChI is InChI=1S/C12H18N4O2/c1-16(8-9-7-14-5-6-18-9)11-4-2-3-10(15-11)12(13)17/h2-4,9,14H,5-8H2,1H3,(H2,13,17). The Labute approximate surface area is 106 Å². The van der Waals surface area contributed by atoms with E-state index in [0.717, 1.165) is 32.1 Å². The van der Waals surface area contributed by atoms with E-state index in [9.17, 15) is 4.79 Å². The normalized spacial score (nSPS) is 19.5. The molecule has 2 rings (SSSR count). The van der Waals surface area contributed by atoms with Crippen molar-refractivity contribution in [3.63, 3.8) is 0 Å². The number of morpholine rings is 1. The summed E-state index contributed by atoms with van der Waals surface area (Å²) >= 11 is 0. The lowest BCUT2D eigenvalue weighted by atomic mass is 10.2. The van der Waals surface area contributed by atoms with E-state index in [4.69, 9.17) is 10.5 Å². The number of rotatable bonds is 4. The number of carbonyl (C=O) groups excluding carboxylic acids is 1. The Morgan fingerprint density at radius 2 is 2.50 bits per heavy atom. The van der Waals surface area contributed by atoms with Gasteiger partial charge in [-0.1, -0.05) is 6.07 Å². The van der Waals surface area contributed by atoms with Crippen molar-refractivity contribution in [1.29, 1.82) is 0 Å². The summed E-state index contributed by atoms with van der Waals surface area (Å²) in [5.74, 6) is 0.210. The van der Waals surface area contributed by atoms with E-state index in [0.29, 0.717) is 0 Å². The van der Waals surface area contributed by atoms with Crippen molar-refractivity contribution in [3.8, 4) is 0 Å². The van der Waals surface area contributed by atoms with Gasteiger partial charge in [0.05, 0.1) is 12.7 Å². The molecule has 1 aromatic heterocycles. The van der Waals surface area contributed by atoms with E-state index in [1.807, 2.05) is 18.0 Å². The quantitative estimate of drug-likeness (QED) is 0.760. The topological polar surface area (TPSA) is 80.5 Å². The molecule has 2 heterocycles. The highest BCUT2D eigenvalue weighted by atomic mass is 16.5. The molecule has 0 spiro atoms. The zero-order chi connectivity index (χ0) is 13.0. The first-order valence-electron chi connectivity index (χ1n) is 5.97. The number of primary amides is 1. The molecule has 3 N–H and O–H groups in total. The Morgan fingerprint density at radius 1 is 1.67 bits per heavy atom. The third-order valence-electron chi connectivity index (χ3n) is 2.86. The first-order chi connectivity index (χ1) is 8.66. The highest BCUT2D eigenvalue weighted by molar-refractivity contribution is 5.91. The highest BCUT2D eigenvalue weighted by Gasteiger charge is 2.16. The molecule has 1 amide bonds. The van der Waals surface area contributed by atoms with Gasteiger partial charge in [0.15, 0.2) is 0 Å². The summed E-state index contributed by atoms with van der Waals surface area (Å²) in [7, 11) is 1.92. The van der Waals surface area contributed by atoms with Crippen LogP contribution < -0.4 is 16.0 Å². The van der Waals surface area contributed by atoms with Crippen molar-refractivity contribution in [2.45, 2.75) is 6.10 Å². The van der Waals surface area contributed by atoms with Crippen LogP contribution in [0.15, 0.2) is 18.2 Å². The van der Waals surface area contributed by atoms with Crippen LogP contribution >= 0.6 is 0 Å². The smallest absolute Gasteiger partial charge is 0.267 e. The summed E-state index contributed by atoms with van der Waals surface area (Å²) in [4.78, 5) is 17.2. The minimum absolute atomic E-state index is 0.141. The van der Waals surface area contributed by atoms with Crippen LogP contribution in [0.3, 0.4) is 0 Å². The SMILES string of the molecule is CN(CC1CNCCO1)c1cccc(C(N)=O)n1. The fourth-order valence-corrected chi connectivity index (χ4v) is 1.91. The number of hydrogen-bond acceptors (Lipinski definition) is 5. The van der Waals surface area contributed by atoms with E-state index in [1.165, 1.54) is 0 Å². The van der Waals surface area contributed by atoms with Gasteiger partial charge in [-0.05, 0) is 12.1 Å². The van der Waals surface area contributed by atoms with E-state index in [-0.39, 0.29) is 11.8 Å². The van der Waals surface area contributed by atoms with E-state index in [2.05, 4.69) is 10.3 Å². The van der Waals surface area contributed by atoms with Crippen LogP contribution in [0.2, 0.25) is 0 Å². The fourth-order valence-electron chi connectivity index (χ4n) is 1.91. The van der Waals surface area contributed by atoms with Gasteiger partial charge >= 0.3 is 0 Å². The van der Waals surface area contributed by atoms with Crippen LogP contribution in [0.1, 0.15) is 10.5 Å². The van der Waals surface area contributed by atoms with Gasteiger partial charge in [-0.3, -0.25) is 4.79 Å². The number of likely N-dealkylation sites (N-methyl/N-ethyl adjacent to an activating group) is 1. The van der Waals surface area contributed by atoms with E-state index >= 15 is 0 Å². The van der Waals surface area contributed by atoms with Crippen molar-refractivity contribution >= 4 is 11.7 Å². The van der Waals surface area contributed by atoms with Gasteiger partial charge in [-0.15, -0.1) is 0 Å². The zero-order valence-electron chi connectivity index (χ0n) is 10.4. The van der Waals surface area contributed by atoms with Crippen molar-refractivity contribution in [2.24, 2.45) is 5.73 Å². The molecule has 0 radical (unpaired) electrons. The zero-order valence-corrected chi connectivity index (χ0v) is 10.4. The van der Waals surface area contributed by atoms with Crippen LogP contribution in [0.25, 0.3) is 0 Å². The summed E-state index contributed by atoms with van der Waals surface area (Å²) in [6.45, 7) is 3.19. The molecule has 0 bridgehead atoms. The second kappa shape index (κ2) is 5.79. The lowest BCUT2D eigenvalue weighted by Gasteiger charge is -2.28. The fraction of sp³-hybridized carbons (Fsp3) is 0.500. The number of amides is 1. The maximum absolute atomic E-state index is 11.1. The lowest BCUT2D eigenvalue weighted by molar-refractivity contribution is 0.0339. The molecule has 18 heavy (non-hydrogen) atoms. The predicted octanol–water partition coefficient (Wildman–Crippen LogP) is -0.395. The van der Waals surface area contributed by atoms with Gasteiger partial charge in [-0.25, -0.2) is 4.98 Å². The second-order valence-electron chi connectivity index (χ2n) is 4.32. The Hall–Kier alpha value is -1.66. The number of ether oxygens (including phenoxy) is 1. The number of nitrogens with one attached hydrogen (secondary N) is 1. The Bertz CT molecular complexity index is 418. The molecule has 0 aromatic carbocycles. The van der Waals surface area contributed by atoms with Gasteiger partial charge in [0, 0.05) is 26.7 Å². The van der Waals surface area contributed by atoms with Crippen molar-refractivity contribution in [2.75, 3.05) is 38.2 Å². The van der Waals surface area contributed by atoms with Gasteiger partial charge in [0.1, 0.15) is 11.5 Å². The Kier molecular flexibility index (Phi) is 4.11. The minimum atomic E-state index is -0.513. The molecule has 98 valence electrons. The van der Waals surface area contributed by atoms with Crippen molar-refractivity contribution in [1.82, 2.24) is 10.3 Å². The first-order valence-corrected chi connectivity index (χ1v) is 5.97. The Balaban J connectivity index is 2.01.